The average Bonchev–Trinajstić information content (AvgIpc) is 2.73. The molecule has 2 heterocycles. The van der Waals surface area contributed by atoms with Crippen LogP contribution in [0.2, 0.25) is 0 Å². The van der Waals surface area contributed by atoms with Crippen molar-refractivity contribution in [3.05, 3.63) is 40.3 Å². The SMILES string of the molecule is NCc1cnn(-c2ccc(Br)cn2)c1C(F)F. The maximum Gasteiger partial charge on any atom is 0.280 e. The molecular formula is C10H9BrF2N4. The van der Waals surface area contributed by atoms with Crippen LogP contribution in [-0.2, 0) is 6.54 Å². The smallest absolute Gasteiger partial charge is 0.280 e. The Morgan fingerprint density at radius 3 is 2.65 bits per heavy atom. The zero-order chi connectivity index (χ0) is 12.4. The van der Waals surface area contributed by atoms with Crippen molar-refractivity contribution in [2.45, 2.75) is 13.0 Å². The van der Waals surface area contributed by atoms with Gasteiger partial charge in [-0.15, -0.1) is 0 Å². The molecular weight excluding hydrogens is 294 g/mol. The van der Waals surface area contributed by atoms with E-state index in [0.717, 1.165) is 9.15 Å². The lowest BCUT2D eigenvalue weighted by Crippen LogP contribution is -2.07. The van der Waals surface area contributed by atoms with Crippen molar-refractivity contribution in [3.63, 3.8) is 0 Å². The first-order valence-electron chi connectivity index (χ1n) is 4.80. The van der Waals surface area contributed by atoms with E-state index in [4.69, 9.17) is 5.73 Å². The number of aromatic nitrogens is 3. The highest BCUT2D eigenvalue weighted by molar-refractivity contribution is 9.10. The highest BCUT2D eigenvalue weighted by Gasteiger charge is 2.20. The molecule has 0 aromatic carbocycles. The Labute approximate surface area is 105 Å². The molecule has 0 aliphatic heterocycles. The van der Waals surface area contributed by atoms with Gasteiger partial charge in [-0.3, -0.25) is 0 Å². The molecule has 0 fully saturated rings. The summed E-state index contributed by atoms with van der Waals surface area (Å²) in [6.45, 7) is 0.0240. The topological polar surface area (TPSA) is 56.7 Å². The van der Waals surface area contributed by atoms with Crippen LogP contribution in [0, 0.1) is 0 Å². The van der Waals surface area contributed by atoms with Crippen LogP contribution in [0.1, 0.15) is 17.7 Å². The molecule has 2 N–H and O–H groups in total. The minimum absolute atomic E-state index is 0.0240. The van der Waals surface area contributed by atoms with E-state index in [1.54, 1.807) is 12.1 Å². The quantitative estimate of drug-likeness (QED) is 0.947. The molecule has 0 unspecified atom stereocenters. The van der Waals surface area contributed by atoms with Gasteiger partial charge >= 0.3 is 0 Å². The highest BCUT2D eigenvalue weighted by atomic mass is 79.9. The number of nitrogens with zero attached hydrogens (tertiary/aromatic N) is 3. The molecule has 0 spiro atoms. The van der Waals surface area contributed by atoms with Crippen molar-refractivity contribution in [1.29, 1.82) is 0 Å². The first-order valence-corrected chi connectivity index (χ1v) is 5.59. The Morgan fingerprint density at radius 1 is 1.35 bits per heavy atom. The molecule has 0 saturated heterocycles. The van der Waals surface area contributed by atoms with Gasteiger partial charge in [0.05, 0.1) is 6.20 Å². The molecule has 0 saturated carbocycles. The van der Waals surface area contributed by atoms with Gasteiger partial charge in [0.1, 0.15) is 5.69 Å². The number of pyridine rings is 1. The van der Waals surface area contributed by atoms with Gasteiger partial charge in [-0.05, 0) is 28.1 Å². The van der Waals surface area contributed by atoms with E-state index in [9.17, 15) is 8.78 Å². The third-order valence-electron chi connectivity index (χ3n) is 2.24. The largest absolute Gasteiger partial charge is 0.326 e. The van der Waals surface area contributed by atoms with E-state index < -0.39 is 6.43 Å². The number of hydrogen-bond acceptors (Lipinski definition) is 3. The van der Waals surface area contributed by atoms with Crippen LogP contribution in [0.25, 0.3) is 5.82 Å². The van der Waals surface area contributed by atoms with Crippen molar-refractivity contribution in [2.24, 2.45) is 5.73 Å². The summed E-state index contributed by atoms with van der Waals surface area (Å²) in [4.78, 5) is 4.02. The highest BCUT2D eigenvalue weighted by Crippen LogP contribution is 2.25. The van der Waals surface area contributed by atoms with Gasteiger partial charge in [0.25, 0.3) is 6.43 Å². The second-order valence-electron chi connectivity index (χ2n) is 3.31. The molecule has 0 aliphatic carbocycles. The van der Waals surface area contributed by atoms with Crippen LogP contribution >= 0.6 is 15.9 Å². The van der Waals surface area contributed by atoms with Gasteiger partial charge < -0.3 is 5.73 Å². The fourth-order valence-electron chi connectivity index (χ4n) is 1.46. The summed E-state index contributed by atoms with van der Waals surface area (Å²) in [5.74, 6) is 0.336. The second kappa shape index (κ2) is 4.89. The molecule has 2 aromatic heterocycles. The van der Waals surface area contributed by atoms with Crippen LogP contribution in [-0.4, -0.2) is 14.8 Å². The molecule has 2 rings (SSSR count). The van der Waals surface area contributed by atoms with E-state index in [1.807, 2.05) is 0 Å². The Balaban J connectivity index is 2.51. The summed E-state index contributed by atoms with van der Waals surface area (Å²) >= 11 is 3.22. The maximum absolute atomic E-state index is 12.9. The average molecular weight is 303 g/mol. The summed E-state index contributed by atoms with van der Waals surface area (Å²) < 4.78 is 27.7. The predicted octanol–water partition coefficient (Wildman–Crippen LogP) is 2.43. The van der Waals surface area contributed by atoms with Crippen molar-refractivity contribution >= 4 is 15.9 Å². The maximum atomic E-state index is 12.9. The van der Waals surface area contributed by atoms with Crippen LogP contribution in [0.15, 0.2) is 29.0 Å². The number of rotatable bonds is 3. The fraction of sp³-hybridized carbons (Fsp3) is 0.200. The monoisotopic (exact) mass is 302 g/mol. The molecule has 4 nitrogen and oxygen atoms in total. The van der Waals surface area contributed by atoms with E-state index in [2.05, 4.69) is 26.0 Å². The summed E-state index contributed by atoms with van der Waals surface area (Å²) in [6, 6.07) is 3.31. The van der Waals surface area contributed by atoms with Crippen molar-refractivity contribution < 1.29 is 8.78 Å². The van der Waals surface area contributed by atoms with E-state index in [0.29, 0.717) is 11.4 Å². The number of nitrogens with two attached hydrogens (primary N) is 1. The second-order valence-corrected chi connectivity index (χ2v) is 4.22. The van der Waals surface area contributed by atoms with Gasteiger partial charge in [0.2, 0.25) is 0 Å². The van der Waals surface area contributed by atoms with Crippen LogP contribution in [0.3, 0.4) is 0 Å². The summed E-state index contributed by atoms with van der Waals surface area (Å²) in [6.07, 6.45) is 0.223. The van der Waals surface area contributed by atoms with Gasteiger partial charge in [-0.2, -0.15) is 5.10 Å². The molecule has 0 aliphatic rings. The predicted molar refractivity (Wildman–Crippen MR) is 61.9 cm³/mol. The Morgan fingerprint density at radius 2 is 2.12 bits per heavy atom. The Hall–Kier alpha value is -1.34. The Bertz CT molecular complexity index is 510. The molecule has 17 heavy (non-hydrogen) atoms. The lowest BCUT2D eigenvalue weighted by Gasteiger charge is -2.07. The summed E-state index contributed by atoms with van der Waals surface area (Å²) in [5.41, 5.74) is 5.51. The molecule has 0 amide bonds. The normalized spacial score (nSPS) is 11.1. The lowest BCUT2D eigenvalue weighted by molar-refractivity contribution is 0.141. The van der Waals surface area contributed by atoms with Gasteiger partial charge in [-0.25, -0.2) is 18.4 Å². The lowest BCUT2D eigenvalue weighted by atomic mass is 10.2. The molecule has 7 heteroatoms. The number of halogens is 3. The zero-order valence-electron chi connectivity index (χ0n) is 8.65. The van der Waals surface area contributed by atoms with Crippen molar-refractivity contribution in [2.75, 3.05) is 0 Å². The molecule has 0 atom stereocenters. The first-order chi connectivity index (χ1) is 8.13. The van der Waals surface area contributed by atoms with Gasteiger partial charge in [0, 0.05) is 22.8 Å². The minimum Gasteiger partial charge on any atom is -0.326 e. The van der Waals surface area contributed by atoms with Crippen LogP contribution < -0.4 is 5.73 Å². The Kier molecular flexibility index (Phi) is 3.49. The molecule has 2 aromatic rings. The third-order valence-corrected chi connectivity index (χ3v) is 2.71. The van der Waals surface area contributed by atoms with Crippen LogP contribution in [0.4, 0.5) is 8.78 Å². The van der Waals surface area contributed by atoms with Gasteiger partial charge in [0.15, 0.2) is 5.82 Å². The minimum atomic E-state index is -2.64. The first kappa shape index (κ1) is 12.1. The third kappa shape index (κ3) is 2.34. The number of hydrogen-bond donors (Lipinski definition) is 1. The summed E-state index contributed by atoms with van der Waals surface area (Å²) in [5, 5.41) is 3.89. The van der Waals surface area contributed by atoms with Crippen molar-refractivity contribution in [3.8, 4) is 5.82 Å². The molecule has 0 radical (unpaired) electrons. The summed E-state index contributed by atoms with van der Waals surface area (Å²) in [7, 11) is 0. The van der Waals surface area contributed by atoms with Gasteiger partial charge in [-0.1, -0.05) is 0 Å². The van der Waals surface area contributed by atoms with E-state index in [-0.39, 0.29) is 12.2 Å². The van der Waals surface area contributed by atoms with E-state index >= 15 is 0 Å². The van der Waals surface area contributed by atoms with Crippen LogP contribution in [0.5, 0.6) is 0 Å². The standard InChI is InChI=1S/C10H9BrF2N4/c11-7-1-2-8(15-5-7)17-9(10(12)13)6(3-14)4-16-17/h1-2,4-5,10H,3,14H2. The number of alkyl halides is 2. The fourth-order valence-corrected chi connectivity index (χ4v) is 1.69. The molecule has 0 bridgehead atoms. The van der Waals surface area contributed by atoms with E-state index in [1.165, 1.54) is 12.4 Å². The van der Waals surface area contributed by atoms with Crippen molar-refractivity contribution in [1.82, 2.24) is 14.8 Å². The zero-order valence-corrected chi connectivity index (χ0v) is 10.2. The molecule has 90 valence electrons.